The summed E-state index contributed by atoms with van der Waals surface area (Å²) in [6.45, 7) is 2.85. The molecule has 0 bridgehead atoms. The number of hydrogen-bond acceptors (Lipinski definition) is 2. The molecule has 2 aliphatic rings. The second-order valence-electron chi connectivity index (χ2n) is 6.02. The summed E-state index contributed by atoms with van der Waals surface area (Å²) in [4.78, 5) is 2.41. The van der Waals surface area contributed by atoms with Crippen molar-refractivity contribution in [2.75, 3.05) is 13.1 Å². The van der Waals surface area contributed by atoms with Gasteiger partial charge in [0.1, 0.15) is 17.7 Å². The Labute approximate surface area is 124 Å². The molecule has 0 spiro atoms. The van der Waals surface area contributed by atoms with E-state index in [4.69, 9.17) is 4.74 Å². The van der Waals surface area contributed by atoms with E-state index in [0.29, 0.717) is 5.92 Å². The second kappa shape index (κ2) is 5.15. The smallest absolute Gasteiger partial charge is 0.130 e. The van der Waals surface area contributed by atoms with Crippen molar-refractivity contribution in [1.82, 2.24) is 4.90 Å². The van der Waals surface area contributed by atoms with Crippen LogP contribution in [0.4, 0.5) is 4.39 Å². The molecule has 0 aliphatic carbocycles. The maximum atomic E-state index is 13.9. The maximum absolute atomic E-state index is 13.9. The van der Waals surface area contributed by atoms with Gasteiger partial charge in [-0.3, -0.25) is 4.90 Å². The Morgan fingerprint density at radius 3 is 2.76 bits per heavy atom. The summed E-state index contributed by atoms with van der Waals surface area (Å²) >= 11 is 0. The largest absolute Gasteiger partial charge is 0.488 e. The zero-order chi connectivity index (χ0) is 14.2. The third-order valence-electron chi connectivity index (χ3n) is 4.53. The molecular formula is C18H18FNO. The zero-order valence-corrected chi connectivity index (χ0v) is 11.8. The van der Waals surface area contributed by atoms with Gasteiger partial charge in [0, 0.05) is 31.1 Å². The zero-order valence-electron chi connectivity index (χ0n) is 11.8. The van der Waals surface area contributed by atoms with Gasteiger partial charge in [-0.25, -0.2) is 4.39 Å². The Bertz CT molecular complexity index is 643. The van der Waals surface area contributed by atoms with Gasteiger partial charge in [0.25, 0.3) is 0 Å². The van der Waals surface area contributed by atoms with Crippen LogP contribution in [0.15, 0.2) is 48.5 Å². The minimum atomic E-state index is -0.132. The number of benzene rings is 2. The molecule has 2 aliphatic heterocycles. The molecule has 1 fully saturated rings. The molecule has 0 radical (unpaired) electrons. The number of ether oxygens (including phenoxy) is 1. The number of nitrogens with zero attached hydrogens (tertiary/aromatic N) is 1. The molecule has 2 aromatic carbocycles. The number of hydrogen-bond donors (Lipinski definition) is 0. The highest BCUT2D eigenvalue weighted by atomic mass is 19.1. The molecule has 2 nitrogen and oxygen atoms in total. The van der Waals surface area contributed by atoms with Crippen LogP contribution in [0.25, 0.3) is 0 Å². The Morgan fingerprint density at radius 2 is 1.90 bits per heavy atom. The SMILES string of the molecule is Fc1cccc2c1C[C@H]1CN(Cc3ccccc3)C[C@@H]1O2. The van der Waals surface area contributed by atoms with Gasteiger partial charge in [-0.2, -0.15) is 0 Å². The predicted molar refractivity (Wildman–Crippen MR) is 79.7 cm³/mol. The molecule has 2 atom stereocenters. The van der Waals surface area contributed by atoms with Crippen molar-refractivity contribution in [2.45, 2.75) is 19.1 Å². The first-order chi connectivity index (χ1) is 10.3. The van der Waals surface area contributed by atoms with Crippen LogP contribution in [-0.4, -0.2) is 24.1 Å². The number of rotatable bonds is 2. The van der Waals surface area contributed by atoms with Crippen molar-refractivity contribution in [3.63, 3.8) is 0 Å². The summed E-state index contributed by atoms with van der Waals surface area (Å²) in [6, 6.07) is 15.6. The van der Waals surface area contributed by atoms with Gasteiger partial charge in [0.05, 0.1) is 0 Å². The Morgan fingerprint density at radius 1 is 1.05 bits per heavy atom. The lowest BCUT2D eigenvalue weighted by atomic mass is 9.93. The molecule has 2 heterocycles. The highest BCUT2D eigenvalue weighted by molar-refractivity contribution is 5.37. The lowest BCUT2D eigenvalue weighted by Gasteiger charge is -2.28. The average molecular weight is 283 g/mol. The molecule has 21 heavy (non-hydrogen) atoms. The van der Waals surface area contributed by atoms with E-state index >= 15 is 0 Å². The van der Waals surface area contributed by atoms with E-state index in [0.717, 1.165) is 37.4 Å². The average Bonchev–Trinajstić information content (AvgIpc) is 2.88. The lowest BCUT2D eigenvalue weighted by molar-refractivity contribution is 0.146. The first-order valence-corrected chi connectivity index (χ1v) is 7.50. The van der Waals surface area contributed by atoms with Crippen LogP contribution < -0.4 is 4.74 Å². The minimum absolute atomic E-state index is 0.132. The molecule has 4 rings (SSSR count). The van der Waals surface area contributed by atoms with Crippen LogP contribution in [0.3, 0.4) is 0 Å². The maximum Gasteiger partial charge on any atom is 0.130 e. The minimum Gasteiger partial charge on any atom is -0.488 e. The predicted octanol–water partition coefficient (Wildman–Crippen LogP) is 3.26. The summed E-state index contributed by atoms with van der Waals surface area (Å²) in [6.07, 6.45) is 0.987. The Hall–Kier alpha value is -1.87. The molecule has 3 heteroatoms. The first kappa shape index (κ1) is 12.8. The standard InChI is InChI=1S/C18H18FNO/c19-16-7-4-8-17-15(16)9-14-11-20(12-18(14)21-17)10-13-5-2-1-3-6-13/h1-8,14,18H,9-12H2/t14-,18-/m0/s1. The highest BCUT2D eigenvalue weighted by Gasteiger charge is 2.38. The normalized spacial score (nSPS) is 24.2. The van der Waals surface area contributed by atoms with Gasteiger partial charge >= 0.3 is 0 Å². The van der Waals surface area contributed by atoms with Gasteiger partial charge in [0.2, 0.25) is 0 Å². The fourth-order valence-corrected chi connectivity index (χ4v) is 3.50. The van der Waals surface area contributed by atoms with E-state index in [1.807, 2.05) is 12.1 Å². The third-order valence-corrected chi connectivity index (χ3v) is 4.53. The van der Waals surface area contributed by atoms with E-state index in [2.05, 4.69) is 29.2 Å². The fraction of sp³-hybridized carbons (Fsp3) is 0.333. The molecule has 0 saturated carbocycles. The van der Waals surface area contributed by atoms with Crippen LogP contribution >= 0.6 is 0 Å². The summed E-state index contributed by atoms with van der Waals surface area (Å²) in [7, 11) is 0. The fourth-order valence-electron chi connectivity index (χ4n) is 3.50. The number of halogens is 1. The van der Waals surface area contributed by atoms with Gasteiger partial charge < -0.3 is 4.74 Å². The lowest BCUT2D eigenvalue weighted by Crippen LogP contribution is -2.32. The van der Waals surface area contributed by atoms with E-state index in [9.17, 15) is 4.39 Å². The monoisotopic (exact) mass is 283 g/mol. The summed E-state index contributed by atoms with van der Waals surface area (Å²) < 4.78 is 19.9. The topological polar surface area (TPSA) is 12.5 Å². The van der Waals surface area contributed by atoms with E-state index < -0.39 is 0 Å². The van der Waals surface area contributed by atoms with E-state index in [1.54, 1.807) is 6.07 Å². The molecule has 0 unspecified atom stereocenters. The summed E-state index contributed by atoms with van der Waals surface area (Å²) in [5.74, 6) is 1.00. The molecule has 0 amide bonds. The van der Waals surface area contributed by atoms with Crippen molar-refractivity contribution < 1.29 is 9.13 Å². The van der Waals surface area contributed by atoms with Crippen LogP contribution in [0, 0.1) is 11.7 Å². The third kappa shape index (κ3) is 2.42. The molecular weight excluding hydrogens is 265 g/mol. The Kier molecular flexibility index (Phi) is 3.15. The van der Waals surface area contributed by atoms with Crippen molar-refractivity contribution in [3.05, 3.63) is 65.5 Å². The van der Waals surface area contributed by atoms with Gasteiger partial charge in [-0.15, -0.1) is 0 Å². The van der Waals surface area contributed by atoms with Gasteiger partial charge in [0.15, 0.2) is 0 Å². The highest BCUT2D eigenvalue weighted by Crippen LogP contribution is 2.36. The van der Waals surface area contributed by atoms with Gasteiger partial charge in [-0.05, 0) is 24.1 Å². The van der Waals surface area contributed by atoms with Crippen molar-refractivity contribution in [1.29, 1.82) is 0 Å². The van der Waals surface area contributed by atoms with E-state index in [-0.39, 0.29) is 11.9 Å². The van der Waals surface area contributed by atoms with Crippen LogP contribution in [-0.2, 0) is 13.0 Å². The van der Waals surface area contributed by atoms with Gasteiger partial charge in [-0.1, -0.05) is 36.4 Å². The van der Waals surface area contributed by atoms with Crippen LogP contribution in [0.2, 0.25) is 0 Å². The van der Waals surface area contributed by atoms with Crippen molar-refractivity contribution >= 4 is 0 Å². The Balaban J connectivity index is 1.49. The van der Waals surface area contributed by atoms with Crippen LogP contribution in [0.5, 0.6) is 5.75 Å². The quantitative estimate of drug-likeness (QED) is 0.839. The summed E-state index contributed by atoms with van der Waals surface area (Å²) in [5.41, 5.74) is 2.07. The molecule has 0 aromatic heterocycles. The first-order valence-electron chi connectivity index (χ1n) is 7.50. The summed E-state index contributed by atoms with van der Waals surface area (Å²) in [5, 5.41) is 0. The van der Waals surface area contributed by atoms with Crippen LogP contribution in [0.1, 0.15) is 11.1 Å². The number of likely N-dealkylation sites (tertiary alicyclic amines) is 1. The molecule has 108 valence electrons. The van der Waals surface area contributed by atoms with E-state index in [1.165, 1.54) is 11.6 Å². The molecule has 1 saturated heterocycles. The molecule has 0 N–H and O–H groups in total. The number of fused-ring (bicyclic) bond motifs is 2. The van der Waals surface area contributed by atoms with Crippen molar-refractivity contribution in [2.24, 2.45) is 5.92 Å². The second-order valence-corrected chi connectivity index (χ2v) is 6.02. The van der Waals surface area contributed by atoms with Crippen molar-refractivity contribution in [3.8, 4) is 5.75 Å². The molecule has 2 aromatic rings.